The van der Waals surface area contributed by atoms with Gasteiger partial charge in [-0.3, -0.25) is 4.79 Å². The third-order valence-corrected chi connectivity index (χ3v) is 3.43. The Hall–Kier alpha value is -0.890. The van der Waals surface area contributed by atoms with Crippen LogP contribution in [0.1, 0.15) is 44.9 Å². The largest absolute Gasteiger partial charge is 0.371 e. The molecule has 18 heavy (non-hydrogen) atoms. The number of carbonyl (C=O) groups is 1. The van der Waals surface area contributed by atoms with Crippen LogP contribution in [0.15, 0.2) is 0 Å². The van der Waals surface area contributed by atoms with E-state index in [1.807, 2.05) is 0 Å². The van der Waals surface area contributed by atoms with Gasteiger partial charge in [0.25, 0.3) is 0 Å². The Morgan fingerprint density at radius 2 is 2.28 bits per heavy atom. The van der Waals surface area contributed by atoms with E-state index in [1.165, 1.54) is 0 Å². The van der Waals surface area contributed by atoms with Gasteiger partial charge in [-0.25, -0.2) is 0 Å². The summed E-state index contributed by atoms with van der Waals surface area (Å²) in [6.07, 6.45) is 5.49. The Kier molecular flexibility index (Phi) is 4.76. The number of hydrogen-bond acceptors (Lipinski definition) is 4. The van der Waals surface area contributed by atoms with Gasteiger partial charge in [-0.15, -0.1) is 0 Å². The van der Waals surface area contributed by atoms with Crippen molar-refractivity contribution in [3.05, 3.63) is 0 Å². The number of ketones is 1. The van der Waals surface area contributed by atoms with E-state index in [1.54, 1.807) is 0 Å². The monoisotopic (exact) mass is 252 g/mol. The molecule has 2 atom stereocenters. The van der Waals surface area contributed by atoms with Crippen LogP contribution in [0.2, 0.25) is 0 Å². The Morgan fingerprint density at radius 3 is 3.00 bits per heavy atom. The SMILES string of the molecule is O=C1CCCCC1(O)C#CCOC1CCCCO1. The van der Waals surface area contributed by atoms with Crippen molar-refractivity contribution in [2.24, 2.45) is 0 Å². The fourth-order valence-corrected chi connectivity index (χ4v) is 2.30. The maximum Gasteiger partial charge on any atom is 0.184 e. The van der Waals surface area contributed by atoms with E-state index in [-0.39, 0.29) is 18.7 Å². The predicted octanol–water partition coefficient (Wildman–Crippen LogP) is 1.41. The average molecular weight is 252 g/mol. The number of Topliss-reactive ketones (excluding diaryl/α,β-unsaturated/α-hetero) is 1. The van der Waals surface area contributed by atoms with Crippen LogP contribution in [0.4, 0.5) is 0 Å². The quantitative estimate of drug-likeness (QED) is 0.755. The van der Waals surface area contributed by atoms with E-state index in [2.05, 4.69) is 11.8 Å². The molecule has 2 rings (SSSR count). The molecule has 4 heteroatoms. The minimum atomic E-state index is -1.44. The van der Waals surface area contributed by atoms with E-state index >= 15 is 0 Å². The first-order valence-electron chi connectivity index (χ1n) is 6.70. The van der Waals surface area contributed by atoms with E-state index in [0.717, 1.165) is 38.7 Å². The van der Waals surface area contributed by atoms with Gasteiger partial charge in [-0.1, -0.05) is 11.8 Å². The van der Waals surface area contributed by atoms with E-state index in [0.29, 0.717) is 12.8 Å². The molecular weight excluding hydrogens is 232 g/mol. The standard InChI is InChI=1S/C14H20O4/c15-12-6-1-3-8-14(12,16)9-5-11-18-13-7-2-4-10-17-13/h13,16H,1-4,6-8,10-11H2. The van der Waals surface area contributed by atoms with Gasteiger partial charge < -0.3 is 14.6 Å². The topological polar surface area (TPSA) is 55.8 Å². The van der Waals surface area contributed by atoms with Crippen molar-refractivity contribution in [1.82, 2.24) is 0 Å². The van der Waals surface area contributed by atoms with E-state index < -0.39 is 5.60 Å². The van der Waals surface area contributed by atoms with Gasteiger partial charge in [0, 0.05) is 13.0 Å². The highest BCUT2D eigenvalue weighted by Crippen LogP contribution is 2.24. The fraction of sp³-hybridized carbons (Fsp3) is 0.786. The summed E-state index contributed by atoms with van der Waals surface area (Å²) in [5.74, 6) is 5.26. The van der Waals surface area contributed by atoms with Gasteiger partial charge in [0.1, 0.15) is 6.61 Å². The second-order valence-electron chi connectivity index (χ2n) is 4.90. The van der Waals surface area contributed by atoms with Gasteiger partial charge in [-0.05, 0) is 38.5 Å². The molecule has 2 fully saturated rings. The lowest BCUT2D eigenvalue weighted by molar-refractivity contribution is -0.154. The number of rotatable bonds is 2. The zero-order valence-electron chi connectivity index (χ0n) is 10.6. The van der Waals surface area contributed by atoms with Crippen molar-refractivity contribution >= 4 is 5.78 Å². The van der Waals surface area contributed by atoms with Crippen molar-refractivity contribution in [2.45, 2.75) is 56.8 Å². The van der Waals surface area contributed by atoms with Crippen molar-refractivity contribution in [3.8, 4) is 11.8 Å². The van der Waals surface area contributed by atoms with Crippen LogP contribution in [-0.4, -0.2) is 36.0 Å². The van der Waals surface area contributed by atoms with Crippen LogP contribution >= 0.6 is 0 Å². The first-order valence-corrected chi connectivity index (χ1v) is 6.70. The number of carbonyl (C=O) groups excluding carboxylic acids is 1. The summed E-state index contributed by atoms with van der Waals surface area (Å²) in [6, 6.07) is 0. The molecule has 2 aliphatic rings. The smallest absolute Gasteiger partial charge is 0.184 e. The van der Waals surface area contributed by atoms with Gasteiger partial charge >= 0.3 is 0 Å². The van der Waals surface area contributed by atoms with Crippen LogP contribution in [0, 0.1) is 11.8 Å². The Bertz CT molecular complexity index is 349. The first-order chi connectivity index (χ1) is 8.71. The lowest BCUT2D eigenvalue weighted by Gasteiger charge is -2.25. The van der Waals surface area contributed by atoms with Crippen LogP contribution in [0.25, 0.3) is 0 Å². The third-order valence-electron chi connectivity index (χ3n) is 3.43. The highest BCUT2D eigenvalue weighted by atomic mass is 16.7. The molecule has 4 nitrogen and oxygen atoms in total. The predicted molar refractivity (Wildman–Crippen MR) is 65.7 cm³/mol. The molecule has 0 bridgehead atoms. The highest BCUT2D eigenvalue weighted by Gasteiger charge is 2.35. The van der Waals surface area contributed by atoms with Gasteiger partial charge in [0.05, 0.1) is 0 Å². The molecule has 0 aromatic heterocycles. The maximum absolute atomic E-state index is 11.6. The van der Waals surface area contributed by atoms with Crippen molar-refractivity contribution in [1.29, 1.82) is 0 Å². The molecule has 1 N–H and O–H groups in total. The molecule has 100 valence electrons. The molecule has 0 amide bonds. The average Bonchev–Trinajstić information content (AvgIpc) is 2.40. The van der Waals surface area contributed by atoms with Crippen LogP contribution in [0.5, 0.6) is 0 Å². The lowest BCUT2D eigenvalue weighted by atomic mass is 9.84. The molecule has 0 aromatic rings. The molecule has 1 aliphatic heterocycles. The van der Waals surface area contributed by atoms with Gasteiger partial charge in [-0.2, -0.15) is 0 Å². The van der Waals surface area contributed by atoms with E-state index in [9.17, 15) is 9.90 Å². The lowest BCUT2D eigenvalue weighted by Crippen LogP contribution is -2.39. The molecule has 1 heterocycles. The van der Waals surface area contributed by atoms with Crippen molar-refractivity contribution in [2.75, 3.05) is 13.2 Å². The second kappa shape index (κ2) is 6.33. The minimum Gasteiger partial charge on any atom is -0.371 e. The summed E-state index contributed by atoms with van der Waals surface area (Å²) in [7, 11) is 0. The molecular formula is C14H20O4. The van der Waals surface area contributed by atoms with Gasteiger partial charge in [0.15, 0.2) is 17.7 Å². The third kappa shape index (κ3) is 3.55. The normalized spacial score (nSPS) is 32.7. The van der Waals surface area contributed by atoms with E-state index in [4.69, 9.17) is 9.47 Å². The first kappa shape index (κ1) is 13.5. The Labute approximate surface area is 108 Å². The summed E-state index contributed by atoms with van der Waals surface area (Å²) >= 11 is 0. The van der Waals surface area contributed by atoms with Crippen molar-refractivity contribution in [3.63, 3.8) is 0 Å². The number of ether oxygens (including phenoxy) is 2. The maximum atomic E-state index is 11.6. The molecule has 0 radical (unpaired) electrons. The van der Waals surface area contributed by atoms with Crippen LogP contribution in [0.3, 0.4) is 0 Å². The molecule has 0 aromatic carbocycles. The molecule has 1 saturated carbocycles. The van der Waals surface area contributed by atoms with Crippen LogP contribution in [-0.2, 0) is 14.3 Å². The zero-order chi connectivity index (χ0) is 12.8. The highest BCUT2D eigenvalue weighted by molar-refractivity contribution is 5.91. The second-order valence-corrected chi connectivity index (χ2v) is 4.90. The summed E-state index contributed by atoms with van der Waals surface area (Å²) in [5.41, 5.74) is -1.44. The van der Waals surface area contributed by atoms with Gasteiger partial charge in [0.2, 0.25) is 0 Å². The molecule has 2 unspecified atom stereocenters. The Balaban J connectivity index is 1.78. The summed E-state index contributed by atoms with van der Waals surface area (Å²) < 4.78 is 10.8. The number of hydrogen-bond donors (Lipinski definition) is 1. The molecule has 1 aliphatic carbocycles. The fourth-order valence-electron chi connectivity index (χ4n) is 2.30. The van der Waals surface area contributed by atoms with Crippen LogP contribution < -0.4 is 0 Å². The number of aliphatic hydroxyl groups is 1. The Morgan fingerprint density at radius 1 is 1.39 bits per heavy atom. The zero-order valence-corrected chi connectivity index (χ0v) is 10.6. The minimum absolute atomic E-state index is 0.157. The van der Waals surface area contributed by atoms with Crippen molar-refractivity contribution < 1.29 is 19.4 Å². The summed E-state index contributed by atoms with van der Waals surface area (Å²) in [4.78, 5) is 11.6. The summed E-state index contributed by atoms with van der Waals surface area (Å²) in [5, 5.41) is 10.1. The summed E-state index contributed by atoms with van der Waals surface area (Å²) in [6.45, 7) is 0.945. The molecule has 1 saturated heterocycles. The molecule has 0 spiro atoms.